The molecule has 9 heteroatoms. The highest BCUT2D eigenvalue weighted by atomic mass is 19.1. The summed E-state index contributed by atoms with van der Waals surface area (Å²) in [4.78, 5) is 25.4. The second-order valence-corrected chi connectivity index (χ2v) is 7.59. The molecular weight excluding hydrogens is 385 g/mol. The highest BCUT2D eigenvalue weighted by molar-refractivity contribution is 5.98. The van der Waals surface area contributed by atoms with Gasteiger partial charge in [0.2, 0.25) is 5.95 Å². The van der Waals surface area contributed by atoms with Gasteiger partial charge >= 0.3 is 0 Å². The third-order valence-electron chi connectivity index (χ3n) is 5.37. The van der Waals surface area contributed by atoms with Gasteiger partial charge in [0.1, 0.15) is 11.5 Å². The summed E-state index contributed by atoms with van der Waals surface area (Å²) >= 11 is 0. The fourth-order valence-electron chi connectivity index (χ4n) is 3.93. The third kappa shape index (κ3) is 4.00. The molecule has 0 radical (unpaired) electrons. The van der Waals surface area contributed by atoms with E-state index in [2.05, 4.69) is 25.5 Å². The zero-order valence-corrected chi connectivity index (χ0v) is 17.2. The van der Waals surface area contributed by atoms with Gasteiger partial charge < -0.3 is 10.2 Å². The van der Waals surface area contributed by atoms with Crippen molar-refractivity contribution in [3.8, 4) is 5.69 Å². The zero-order valence-electron chi connectivity index (χ0n) is 17.2. The van der Waals surface area contributed by atoms with Gasteiger partial charge in [0.05, 0.1) is 18.0 Å². The summed E-state index contributed by atoms with van der Waals surface area (Å²) < 4.78 is 13.9. The summed E-state index contributed by atoms with van der Waals surface area (Å²) in [6, 6.07) is 5.89. The molecule has 1 aliphatic heterocycles. The molecular formula is C21H24FN7O. The Morgan fingerprint density at radius 2 is 1.83 bits per heavy atom. The van der Waals surface area contributed by atoms with E-state index in [4.69, 9.17) is 0 Å². The van der Waals surface area contributed by atoms with Gasteiger partial charge in [-0.05, 0) is 51.8 Å². The van der Waals surface area contributed by atoms with Gasteiger partial charge in [0.25, 0.3) is 5.91 Å². The van der Waals surface area contributed by atoms with Crippen molar-refractivity contribution in [2.45, 2.75) is 45.7 Å². The Morgan fingerprint density at radius 3 is 2.53 bits per heavy atom. The summed E-state index contributed by atoms with van der Waals surface area (Å²) in [5.41, 5.74) is 2.47. The van der Waals surface area contributed by atoms with Crippen molar-refractivity contribution in [1.82, 2.24) is 29.9 Å². The standard InChI is InChI=1S/C21H24FN7O/c1-13-11-14(2)26-21(25-13)27-18-5-4-10-28(15(18)3)20(30)17-7-6-16(22)12-19(17)29-23-8-9-24-29/h6-9,11-12,15,18H,4-5,10H2,1-3H3,(H,25,26,27)/t15-,18+/m0/s1. The largest absolute Gasteiger partial charge is 0.349 e. The molecule has 2 atom stereocenters. The van der Waals surface area contributed by atoms with Crippen LogP contribution < -0.4 is 5.32 Å². The molecule has 0 bridgehead atoms. The maximum absolute atomic E-state index is 13.9. The fourth-order valence-corrected chi connectivity index (χ4v) is 3.93. The number of carbonyl (C=O) groups excluding carboxylic acids is 1. The minimum Gasteiger partial charge on any atom is -0.349 e. The molecule has 3 aromatic rings. The number of nitrogens with one attached hydrogen (secondary N) is 1. The van der Waals surface area contributed by atoms with Crippen molar-refractivity contribution in [2.75, 3.05) is 11.9 Å². The Balaban J connectivity index is 1.59. The summed E-state index contributed by atoms with van der Waals surface area (Å²) in [6.07, 6.45) is 4.73. The van der Waals surface area contributed by atoms with Crippen LogP contribution in [0.4, 0.5) is 10.3 Å². The maximum atomic E-state index is 13.9. The van der Waals surface area contributed by atoms with E-state index >= 15 is 0 Å². The van der Waals surface area contributed by atoms with E-state index in [0.717, 1.165) is 24.2 Å². The topological polar surface area (TPSA) is 88.8 Å². The predicted octanol–water partition coefficient (Wildman–Crippen LogP) is 2.92. The minimum atomic E-state index is -0.447. The van der Waals surface area contributed by atoms with E-state index < -0.39 is 5.82 Å². The van der Waals surface area contributed by atoms with E-state index in [9.17, 15) is 9.18 Å². The Bertz CT molecular complexity index is 1030. The van der Waals surface area contributed by atoms with Crippen LogP contribution in [0.15, 0.2) is 36.7 Å². The quantitative estimate of drug-likeness (QED) is 0.713. The molecule has 4 rings (SSSR count). The number of carbonyl (C=O) groups is 1. The predicted molar refractivity (Wildman–Crippen MR) is 110 cm³/mol. The maximum Gasteiger partial charge on any atom is 0.256 e. The van der Waals surface area contributed by atoms with Crippen LogP contribution in [-0.4, -0.2) is 54.4 Å². The molecule has 1 aromatic carbocycles. The molecule has 156 valence electrons. The molecule has 0 aliphatic carbocycles. The number of hydrogen-bond donors (Lipinski definition) is 1. The molecule has 1 aliphatic rings. The molecule has 1 amide bonds. The van der Waals surface area contributed by atoms with Crippen LogP contribution in [0.25, 0.3) is 5.69 Å². The number of aryl methyl sites for hydroxylation is 2. The number of anilines is 1. The number of nitrogens with zero attached hydrogens (tertiary/aromatic N) is 6. The number of benzene rings is 1. The minimum absolute atomic E-state index is 0.00984. The summed E-state index contributed by atoms with van der Waals surface area (Å²) in [6.45, 7) is 6.49. The van der Waals surface area contributed by atoms with Crippen molar-refractivity contribution < 1.29 is 9.18 Å². The highest BCUT2D eigenvalue weighted by Crippen LogP contribution is 2.25. The van der Waals surface area contributed by atoms with Crippen molar-refractivity contribution >= 4 is 11.9 Å². The van der Waals surface area contributed by atoms with Crippen molar-refractivity contribution in [3.63, 3.8) is 0 Å². The second kappa shape index (κ2) is 8.17. The van der Waals surface area contributed by atoms with E-state index in [-0.39, 0.29) is 18.0 Å². The number of aromatic nitrogens is 5. The van der Waals surface area contributed by atoms with Crippen molar-refractivity contribution in [2.24, 2.45) is 0 Å². The van der Waals surface area contributed by atoms with E-state index in [1.54, 1.807) is 0 Å². The number of piperidine rings is 1. The highest BCUT2D eigenvalue weighted by Gasteiger charge is 2.33. The Hall–Kier alpha value is -3.36. The van der Waals surface area contributed by atoms with E-state index in [0.29, 0.717) is 23.7 Å². The first-order valence-corrected chi connectivity index (χ1v) is 9.98. The molecule has 1 fully saturated rings. The van der Waals surface area contributed by atoms with Gasteiger partial charge in [0.15, 0.2) is 0 Å². The molecule has 1 saturated heterocycles. The van der Waals surface area contributed by atoms with Crippen LogP contribution in [-0.2, 0) is 0 Å². The zero-order chi connectivity index (χ0) is 21.3. The Labute approximate surface area is 174 Å². The summed E-state index contributed by atoms with van der Waals surface area (Å²) in [7, 11) is 0. The van der Waals surface area contributed by atoms with Crippen molar-refractivity contribution in [3.05, 3.63) is 59.4 Å². The first-order chi connectivity index (χ1) is 14.4. The lowest BCUT2D eigenvalue weighted by Gasteiger charge is -2.40. The smallest absolute Gasteiger partial charge is 0.256 e. The number of hydrogen-bond acceptors (Lipinski definition) is 6. The lowest BCUT2D eigenvalue weighted by Crippen LogP contribution is -2.52. The Kier molecular flexibility index (Phi) is 5.43. The van der Waals surface area contributed by atoms with Gasteiger partial charge in [-0.25, -0.2) is 14.4 Å². The molecule has 30 heavy (non-hydrogen) atoms. The second-order valence-electron chi connectivity index (χ2n) is 7.59. The van der Waals surface area contributed by atoms with Gasteiger partial charge in [0, 0.05) is 36.1 Å². The van der Waals surface area contributed by atoms with Crippen molar-refractivity contribution in [1.29, 1.82) is 0 Å². The van der Waals surface area contributed by atoms with Crippen LogP contribution in [0.2, 0.25) is 0 Å². The molecule has 0 unspecified atom stereocenters. The van der Waals surface area contributed by atoms with Gasteiger partial charge in [-0.15, -0.1) is 0 Å². The molecule has 2 aromatic heterocycles. The monoisotopic (exact) mass is 409 g/mol. The number of amides is 1. The van der Waals surface area contributed by atoms with Crippen LogP contribution in [0.1, 0.15) is 41.5 Å². The van der Waals surface area contributed by atoms with E-state index in [1.807, 2.05) is 31.7 Å². The normalized spacial score (nSPS) is 19.0. The first kappa shape index (κ1) is 19.9. The Morgan fingerprint density at radius 1 is 1.13 bits per heavy atom. The van der Waals surface area contributed by atoms with Crippen LogP contribution >= 0.6 is 0 Å². The third-order valence-corrected chi connectivity index (χ3v) is 5.37. The van der Waals surface area contributed by atoms with Crippen LogP contribution in [0.3, 0.4) is 0 Å². The van der Waals surface area contributed by atoms with Gasteiger partial charge in [-0.3, -0.25) is 4.79 Å². The molecule has 0 spiro atoms. The number of rotatable bonds is 4. The molecule has 1 N–H and O–H groups in total. The number of halogens is 1. The van der Waals surface area contributed by atoms with Gasteiger partial charge in [-0.2, -0.15) is 15.0 Å². The van der Waals surface area contributed by atoms with E-state index in [1.165, 1.54) is 35.4 Å². The van der Waals surface area contributed by atoms with Gasteiger partial charge in [-0.1, -0.05) is 0 Å². The average Bonchev–Trinajstić information content (AvgIpc) is 3.23. The number of likely N-dealkylation sites (tertiary alicyclic amines) is 1. The lowest BCUT2D eigenvalue weighted by atomic mass is 9.96. The lowest BCUT2D eigenvalue weighted by molar-refractivity contribution is 0.0616. The molecule has 0 saturated carbocycles. The molecule has 3 heterocycles. The van der Waals surface area contributed by atoms with Crippen LogP contribution in [0.5, 0.6) is 0 Å². The fraction of sp³-hybridized carbons (Fsp3) is 0.381. The average molecular weight is 409 g/mol. The summed E-state index contributed by atoms with van der Waals surface area (Å²) in [5, 5.41) is 11.5. The SMILES string of the molecule is Cc1cc(C)nc(N[C@@H]2CCCN(C(=O)c3ccc(F)cc3-n3nccn3)[C@H]2C)n1. The summed E-state index contributed by atoms with van der Waals surface area (Å²) in [5.74, 6) is -0.0541. The molecule has 8 nitrogen and oxygen atoms in total. The first-order valence-electron chi connectivity index (χ1n) is 9.98. The van der Waals surface area contributed by atoms with Crippen LogP contribution in [0, 0.1) is 19.7 Å².